The Kier molecular flexibility index (Phi) is 5.96. The third-order valence-corrected chi connectivity index (χ3v) is 5.82. The molecule has 3 aromatic rings. The van der Waals surface area contributed by atoms with E-state index >= 15 is 0 Å². The molecule has 7 nitrogen and oxygen atoms in total. The van der Waals surface area contributed by atoms with Gasteiger partial charge >= 0.3 is 0 Å². The summed E-state index contributed by atoms with van der Waals surface area (Å²) in [6.45, 7) is 5.59. The normalized spacial score (nSPS) is 15.7. The lowest BCUT2D eigenvalue weighted by atomic mass is 10.1. The van der Waals surface area contributed by atoms with Gasteiger partial charge in [-0.05, 0) is 37.1 Å². The second-order valence-corrected chi connectivity index (χ2v) is 7.59. The van der Waals surface area contributed by atoms with Crippen LogP contribution in [0.25, 0.3) is 10.9 Å². The molecule has 4 rings (SSSR count). The molecular weight excluding hydrogens is 376 g/mol. The fraction of sp³-hybridized carbons (Fsp3) is 0.348. The van der Waals surface area contributed by atoms with Gasteiger partial charge in [0, 0.05) is 56.0 Å². The standard InChI is InChI=1S/C23H26N6O/c1-17(23(30)26-10-8-19-16-27-21-7-3-2-6-20(19)21)28-11-13-29(14-12-28)22-18(15-24)5-4-9-25-22/h2-7,9,16-17,27H,8,10-14H2,1H3,(H,26,30). The number of carbonyl (C=O) groups excluding carboxylic acids is 1. The number of benzene rings is 1. The summed E-state index contributed by atoms with van der Waals surface area (Å²) < 4.78 is 0. The Bertz CT molecular complexity index is 1060. The van der Waals surface area contributed by atoms with Crippen LogP contribution in [0.15, 0.2) is 48.8 Å². The van der Waals surface area contributed by atoms with Gasteiger partial charge in [-0.2, -0.15) is 5.26 Å². The van der Waals surface area contributed by atoms with Crippen molar-refractivity contribution < 1.29 is 4.79 Å². The summed E-state index contributed by atoms with van der Waals surface area (Å²) in [5.74, 6) is 0.786. The van der Waals surface area contributed by atoms with E-state index in [1.54, 1.807) is 18.3 Å². The third-order valence-electron chi connectivity index (χ3n) is 5.82. The molecule has 1 saturated heterocycles. The highest BCUT2D eigenvalue weighted by molar-refractivity contribution is 5.83. The first-order valence-corrected chi connectivity index (χ1v) is 10.3. The van der Waals surface area contributed by atoms with Crippen molar-refractivity contribution in [1.82, 2.24) is 20.2 Å². The molecule has 1 aliphatic rings. The molecule has 1 unspecified atom stereocenters. The predicted octanol–water partition coefficient (Wildman–Crippen LogP) is 2.30. The summed E-state index contributed by atoms with van der Waals surface area (Å²) in [7, 11) is 0. The molecule has 7 heteroatoms. The molecule has 0 aliphatic carbocycles. The minimum Gasteiger partial charge on any atom is -0.361 e. The Morgan fingerprint density at radius 1 is 1.23 bits per heavy atom. The van der Waals surface area contributed by atoms with E-state index in [0.29, 0.717) is 12.1 Å². The Morgan fingerprint density at radius 2 is 2.03 bits per heavy atom. The predicted molar refractivity (Wildman–Crippen MR) is 117 cm³/mol. The summed E-state index contributed by atoms with van der Waals surface area (Å²) in [6, 6.07) is 13.8. The first-order valence-electron chi connectivity index (χ1n) is 10.3. The maximum Gasteiger partial charge on any atom is 0.237 e. The van der Waals surface area contributed by atoms with Crippen LogP contribution in [0.4, 0.5) is 5.82 Å². The molecule has 0 bridgehead atoms. The van der Waals surface area contributed by atoms with Crippen molar-refractivity contribution in [3.05, 3.63) is 59.9 Å². The molecule has 154 valence electrons. The molecule has 0 spiro atoms. The molecule has 0 radical (unpaired) electrons. The first-order chi connectivity index (χ1) is 14.7. The van der Waals surface area contributed by atoms with E-state index in [-0.39, 0.29) is 11.9 Å². The summed E-state index contributed by atoms with van der Waals surface area (Å²) >= 11 is 0. The van der Waals surface area contributed by atoms with Crippen molar-refractivity contribution in [2.45, 2.75) is 19.4 Å². The van der Waals surface area contributed by atoms with Crippen molar-refractivity contribution in [3.63, 3.8) is 0 Å². The second kappa shape index (κ2) is 8.97. The molecule has 2 aromatic heterocycles. The summed E-state index contributed by atoms with van der Waals surface area (Å²) in [4.78, 5) is 24.6. The van der Waals surface area contributed by atoms with Crippen LogP contribution in [-0.4, -0.2) is 59.5 Å². The number of rotatable bonds is 6. The number of amides is 1. The highest BCUT2D eigenvalue weighted by Gasteiger charge is 2.26. The van der Waals surface area contributed by atoms with Crippen LogP contribution in [0.1, 0.15) is 18.1 Å². The number of aromatic nitrogens is 2. The lowest BCUT2D eigenvalue weighted by Crippen LogP contribution is -2.54. The van der Waals surface area contributed by atoms with Crippen molar-refractivity contribution in [2.24, 2.45) is 0 Å². The maximum absolute atomic E-state index is 12.7. The molecule has 2 N–H and O–H groups in total. The van der Waals surface area contributed by atoms with Gasteiger partial charge in [-0.3, -0.25) is 9.69 Å². The van der Waals surface area contributed by atoms with Crippen molar-refractivity contribution in [3.8, 4) is 6.07 Å². The third kappa shape index (κ3) is 4.14. The molecular formula is C23H26N6O. The molecule has 0 saturated carbocycles. The Labute approximate surface area is 176 Å². The van der Waals surface area contributed by atoms with Crippen LogP contribution in [0.3, 0.4) is 0 Å². The van der Waals surface area contributed by atoms with Crippen LogP contribution in [0.5, 0.6) is 0 Å². The van der Waals surface area contributed by atoms with E-state index in [1.165, 1.54) is 10.9 Å². The fourth-order valence-corrected chi connectivity index (χ4v) is 4.03. The van der Waals surface area contributed by atoms with E-state index in [2.05, 4.69) is 43.3 Å². The van der Waals surface area contributed by atoms with E-state index in [4.69, 9.17) is 0 Å². The minimum atomic E-state index is -0.186. The lowest BCUT2D eigenvalue weighted by Gasteiger charge is -2.38. The molecule has 30 heavy (non-hydrogen) atoms. The number of hydrogen-bond acceptors (Lipinski definition) is 5. The zero-order valence-corrected chi connectivity index (χ0v) is 17.1. The maximum atomic E-state index is 12.7. The van der Waals surface area contributed by atoms with Gasteiger partial charge in [0.05, 0.1) is 11.6 Å². The SMILES string of the molecule is CC(C(=O)NCCc1c[nH]c2ccccc12)N1CCN(c2ncccc2C#N)CC1. The van der Waals surface area contributed by atoms with Gasteiger partial charge in [-0.25, -0.2) is 4.98 Å². The van der Waals surface area contributed by atoms with Crippen LogP contribution < -0.4 is 10.2 Å². The number of piperazine rings is 1. The smallest absolute Gasteiger partial charge is 0.237 e. The molecule has 1 atom stereocenters. The number of anilines is 1. The van der Waals surface area contributed by atoms with E-state index in [1.807, 2.05) is 25.3 Å². The number of nitrogens with zero attached hydrogens (tertiary/aromatic N) is 4. The molecule has 1 amide bonds. The Balaban J connectivity index is 1.27. The summed E-state index contributed by atoms with van der Waals surface area (Å²) in [5, 5.41) is 13.6. The zero-order chi connectivity index (χ0) is 20.9. The quantitative estimate of drug-likeness (QED) is 0.661. The van der Waals surface area contributed by atoms with Gasteiger partial charge in [-0.1, -0.05) is 18.2 Å². The Morgan fingerprint density at radius 3 is 2.83 bits per heavy atom. The topological polar surface area (TPSA) is 88.1 Å². The van der Waals surface area contributed by atoms with Crippen molar-refractivity contribution >= 4 is 22.6 Å². The van der Waals surface area contributed by atoms with Crippen LogP contribution in [-0.2, 0) is 11.2 Å². The fourth-order valence-electron chi connectivity index (χ4n) is 4.03. The lowest BCUT2D eigenvalue weighted by molar-refractivity contribution is -0.125. The van der Waals surface area contributed by atoms with Gasteiger partial charge in [0.25, 0.3) is 0 Å². The molecule has 1 aliphatic heterocycles. The van der Waals surface area contributed by atoms with Crippen LogP contribution >= 0.6 is 0 Å². The molecule has 3 heterocycles. The van der Waals surface area contributed by atoms with Gasteiger partial charge in [0.2, 0.25) is 5.91 Å². The zero-order valence-electron chi connectivity index (χ0n) is 17.1. The van der Waals surface area contributed by atoms with Gasteiger partial charge in [0.15, 0.2) is 0 Å². The van der Waals surface area contributed by atoms with Crippen LogP contribution in [0.2, 0.25) is 0 Å². The number of aromatic amines is 1. The highest BCUT2D eigenvalue weighted by Crippen LogP contribution is 2.19. The van der Waals surface area contributed by atoms with Gasteiger partial charge in [0.1, 0.15) is 11.9 Å². The number of hydrogen-bond donors (Lipinski definition) is 2. The average molecular weight is 403 g/mol. The van der Waals surface area contributed by atoms with Gasteiger partial charge < -0.3 is 15.2 Å². The van der Waals surface area contributed by atoms with Gasteiger partial charge in [-0.15, -0.1) is 0 Å². The number of nitriles is 1. The number of carbonyl (C=O) groups is 1. The van der Waals surface area contributed by atoms with Crippen molar-refractivity contribution in [2.75, 3.05) is 37.6 Å². The number of pyridine rings is 1. The monoisotopic (exact) mass is 402 g/mol. The largest absolute Gasteiger partial charge is 0.361 e. The van der Waals surface area contributed by atoms with Crippen LogP contribution in [0, 0.1) is 11.3 Å². The highest BCUT2D eigenvalue weighted by atomic mass is 16.2. The number of H-pyrrole nitrogens is 1. The molecule has 1 aromatic carbocycles. The summed E-state index contributed by atoms with van der Waals surface area (Å²) in [6.07, 6.45) is 4.53. The minimum absolute atomic E-state index is 0.0545. The number of fused-ring (bicyclic) bond motifs is 1. The van der Waals surface area contributed by atoms with E-state index in [0.717, 1.165) is 43.9 Å². The average Bonchev–Trinajstić information content (AvgIpc) is 3.21. The number of para-hydroxylation sites is 1. The first kappa shape index (κ1) is 19.9. The van der Waals surface area contributed by atoms with E-state index in [9.17, 15) is 10.1 Å². The Hall–Kier alpha value is -3.37. The summed E-state index contributed by atoms with van der Waals surface area (Å²) in [5.41, 5.74) is 2.93. The second-order valence-electron chi connectivity index (χ2n) is 7.59. The number of nitrogens with one attached hydrogen (secondary N) is 2. The van der Waals surface area contributed by atoms with Crippen molar-refractivity contribution in [1.29, 1.82) is 5.26 Å². The van der Waals surface area contributed by atoms with E-state index < -0.39 is 0 Å². The molecule has 1 fully saturated rings.